The summed E-state index contributed by atoms with van der Waals surface area (Å²) in [5, 5.41) is 0. The van der Waals surface area contributed by atoms with Gasteiger partial charge in [0.1, 0.15) is 0 Å². The van der Waals surface area contributed by atoms with Crippen molar-refractivity contribution in [1.82, 2.24) is 0 Å². The molecule has 1 heterocycles. The number of benzene rings is 2. The van der Waals surface area contributed by atoms with E-state index in [4.69, 9.17) is 23.2 Å². The van der Waals surface area contributed by atoms with Gasteiger partial charge in [-0.15, -0.1) is 0 Å². The van der Waals surface area contributed by atoms with Gasteiger partial charge in [-0.1, -0.05) is 0 Å². The first-order valence-corrected chi connectivity index (χ1v) is 14.6. The van der Waals surface area contributed by atoms with Gasteiger partial charge in [-0.25, -0.2) is 0 Å². The Hall–Kier alpha value is -0.617. The number of halogens is 2. The van der Waals surface area contributed by atoms with Gasteiger partial charge in [0.05, 0.1) is 0 Å². The van der Waals surface area contributed by atoms with Gasteiger partial charge in [0.25, 0.3) is 0 Å². The van der Waals surface area contributed by atoms with Crippen LogP contribution < -0.4 is 0 Å². The van der Waals surface area contributed by atoms with Crippen molar-refractivity contribution >= 4 is 35.4 Å². The maximum absolute atomic E-state index is 6.85. The molecule has 0 saturated carbocycles. The third kappa shape index (κ3) is 1.94. The van der Waals surface area contributed by atoms with Gasteiger partial charge < -0.3 is 0 Å². The van der Waals surface area contributed by atoms with E-state index in [2.05, 4.69) is 72.8 Å². The number of allylic oxidation sites excluding steroid dienone is 2. The molecule has 2 atom stereocenters. The zero-order chi connectivity index (χ0) is 15.7. The van der Waals surface area contributed by atoms with Crippen LogP contribution in [0.5, 0.6) is 0 Å². The normalized spacial score (nSPS) is 31.9. The van der Waals surface area contributed by atoms with E-state index in [1.807, 2.05) is 0 Å². The summed E-state index contributed by atoms with van der Waals surface area (Å²) in [6, 6.07) is 17.5. The molecular weight excluding hydrogens is 402 g/mol. The third-order valence-corrected chi connectivity index (χ3v) is 24.7. The Morgan fingerprint density at radius 2 is 1.22 bits per heavy atom. The van der Waals surface area contributed by atoms with Crippen LogP contribution in [0.2, 0.25) is 4.13 Å². The fraction of sp³-hybridized carbons (Fsp3) is 0.200. The van der Waals surface area contributed by atoms with Gasteiger partial charge >= 0.3 is 152 Å². The first kappa shape index (κ1) is 14.7. The molecule has 0 spiro atoms. The summed E-state index contributed by atoms with van der Waals surface area (Å²) in [4.78, 5) is 0. The van der Waals surface area contributed by atoms with Crippen LogP contribution in [0, 0.1) is 0 Å². The summed E-state index contributed by atoms with van der Waals surface area (Å²) in [6.07, 6.45) is 9.32. The molecule has 0 radical (unpaired) electrons. The molecule has 1 aliphatic heterocycles. The van der Waals surface area contributed by atoms with Crippen molar-refractivity contribution in [3.05, 3.63) is 82.9 Å². The Labute approximate surface area is 151 Å². The molecule has 2 aromatic carbocycles. The number of fused-ring (bicyclic) bond motifs is 2. The second-order valence-electron chi connectivity index (χ2n) is 6.85. The molecule has 3 heteroatoms. The molecule has 5 rings (SSSR count). The standard InChI is InChI=1S/2C9H7.C2H2Cl2.Zr/c2*1-2-5-9-7-3-6-8(9)4-1;1-2(3)4;/h2*1-7H;1H2;. The van der Waals surface area contributed by atoms with Crippen LogP contribution in [0.15, 0.2) is 60.7 Å². The van der Waals surface area contributed by atoms with E-state index in [1.54, 1.807) is 0 Å². The van der Waals surface area contributed by atoms with Crippen molar-refractivity contribution in [2.24, 2.45) is 0 Å². The second kappa shape index (κ2) is 4.95. The van der Waals surface area contributed by atoms with Crippen LogP contribution >= 0.6 is 23.2 Å². The minimum absolute atomic E-state index is 0.465. The molecule has 1 fully saturated rings. The molecule has 0 amide bonds. The van der Waals surface area contributed by atoms with E-state index >= 15 is 0 Å². The minimum atomic E-state index is -2.89. The average Bonchev–Trinajstić information content (AvgIpc) is 2.95. The number of hydrogen-bond acceptors (Lipinski definition) is 0. The maximum atomic E-state index is 6.85. The van der Waals surface area contributed by atoms with Crippen molar-refractivity contribution in [2.45, 2.75) is 13.4 Å². The number of alkyl halides is 2. The molecule has 0 N–H and O–H groups in total. The quantitative estimate of drug-likeness (QED) is 0.507. The Bertz CT molecular complexity index is 804. The molecule has 2 unspecified atom stereocenters. The van der Waals surface area contributed by atoms with Gasteiger partial charge in [-0.05, 0) is 0 Å². The van der Waals surface area contributed by atoms with E-state index in [9.17, 15) is 0 Å². The zero-order valence-electron chi connectivity index (χ0n) is 12.5. The third-order valence-electron chi connectivity index (χ3n) is 5.78. The fourth-order valence-corrected chi connectivity index (χ4v) is 25.0. The molecule has 23 heavy (non-hydrogen) atoms. The molecule has 2 aromatic rings. The average molecular weight is 418 g/mol. The molecular formula is C20H16Cl2Zr. The topological polar surface area (TPSA) is 0 Å². The Balaban J connectivity index is 1.66. The van der Waals surface area contributed by atoms with Crippen molar-refractivity contribution < 1.29 is 20.3 Å². The summed E-state index contributed by atoms with van der Waals surface area (Å²) >= 11 is 10.8. The summed E-state index contributed by atoms with van der Waals surface area (Å²) in [5.74, 6) is 0. The summed E-state index contributed by atoms with van der Waals surface area (Å²) < 4.78 is 1.54. The van der Waals surface area contributed by atoms with Crippen molar-refractivity contribution in [2.75, 3.05) is 0 Å². The van der Waals surface area contributed by atoms with E-state index in [1.165, 1.54) is 22.3 Å². The van der Waals surface area contributed by atoms with Crippen LogP contribution in [0.3, 0.4) is 0 Å². The summed E-state index contributed by atoms with van der Waals surface area (Å²) in [6.45, 7) is 0. The van der Waals surface area contributed by atoms with Crippen LogP contribution in [-0.2, 0) is 20.3 Å². The van der Waals surface area contributed by atoms with Gasteiger partial charge in [-0.2, -0.15) is 0 Å². The Morgan fingerprint density at radius 1 is 0.783 bits per heavy atom. The van der Waals surface area contributed by atoms with Crippen LogP contribution in [0.1, 0.15) is 29.5 Å². The van der Waals surface area contributed by atoms with Crippen molar-refractivity contribution in [1.29, 1.82) is 0 Å². The molecule has 114 valence electrons. The van der Waals surface area contributed by atoms with Crippen LogP contribution in [0.25, 0.3) is 12.2 Å². The fourth-order valence-electron chi connectivity index (χ4n) is 4.59. The van der Waals surface area contributed by atoms with E-state index in [0.717, 1.165) is 4.13 Å². The SMILES string of the molecule is Cl[C]1(Cl)[CH2][Zr]1([CH]1C=Cc2ccccc21)[CH]1C=Cc2ccccc21. The van der Waals surface area contributed by atoms with Gasteiger partial charge in [-0.3, -0.25) is 0 Å². The predicted molar refractivity (Wildman–Crippen MR) is 95.7 cm³/mol. The number of rotatable bonds is 2. The van der Waals surface area contributed by atoms with Gasteiger partial charge in [0, 0.05) is 0 Å². The van der Waals surface area contributed by atoms with Crippen molar-refractivity contribution in [3.63, 3.8) is 0 Å². The van der Waals surface area contributed by atoms with Gasteiger partial charge in [0.2, 0.25) is 0 Å². The summed E-state index contributed by atoms with van der Waals surface area (Å²) in [7, 11) is 0. The molecule has 3 aliphatic rings. The van der Waals surface area contributed by atoms with E-state index in [-0.39, 0.29) is 0 Å². The zero-order valence-corrected chi connectivity index (χ0v) is 16.5. The first-order valence-electron chi connectivity index (χ1n) is 8.06. The molecule has 1 saturated heterocycles. The predicted octanol–water partition coefficient (Wildman–Crippen LogP) is 6.24. The van der Waals surface area contributed by atoms with E-state index in [0.29, 0.717) is 7.25 Å². The summed E-state index contributed by atoms with van der Waals surface area (Å²) in [5.41, 5.74) is 5.59. The number of hydrogen-bond donors (Lipinski definition) is 0. The van der Waals surface area contributed by atoms with Crippen LogP contribution in [0.4, 0.5) is 0 Å². The van der Waals surface area contributed by atoms with E-state index < -0.39 is 22.3 Å². The van der Waals surface area contributed by atoms with Gasteiger partial charge in [0.15, 0.2) is 0 Å². The first-order chi connectivity index (χ1) is 11.1. The molecule has 0 nitrogen and oxygen atoms in total. The Morgan fingerprint density at radius 3 is 1.65 bits per heavy atom. The second-order valence-corrected chi connectivity index (χ2v) is 21.0. The molecule has 2 aliphatic carbocycles. The molecule has 0 aromatic heterocycles. The van der Waals surface area contributed by atoms with Crippen LogP contribution in [-0.4, -0.2) is 2.04 Å². The molecule has 0 bridgehead atoms. The van der Waals surface area contributed by atoms with Crippen molar-refractivity contribution in [3.8, 4) is 0 Å². The Kier molecular flexibility index (Phi) is 3.16. The monoisotopic (exact) mass is 416 g/mol.